The molecule has 2 rings (SSSR count). The number of benzene rings is 2. The molecule has 0 aliphatic rings. The molecule has 0 aromatic heterocycles. The lowest BCUT2D eigenvalue weighted by Crippen LogP contribution is -2.23. The first-order valence-corrected chi connectivity index (χ1v) is 9.73. The molecule has 0 aliphatic heterocycles. The molecule has 0 amide bonds. The monoisotopic (exact) mass is 422 g/mol. The molecule has 0 saturated carbocycles. The zero-order valence-electron chi connectivity index (χ0n) is 13.8. The van der Waals surface area contributed by atoms with Crippen molar-refractivity contribution in [1.29, 1.82) is 0 Å². The molecule has 6 heteroatoms. The lowest BCUT2D eigenvalue weighted by Gasteiger charge is -2.18. The highest BCUT2D eigenvalue weighted by atomic mass is 79.9. The second kappa shape index (κ2) is 8.47. The fraction of sp³-hybridized carbons (Fsp3) is 0.158. The van der Waals surface area contributed by atoms with Crippen LogP contribution in [0.2, 0.25) is 0 Å². The van der Waals surface area contributed by atoms with E-state index in [1.54, 1.807) is 18.2 Å². The summed E-state index contributed by atoms with van der Waals surface area (Å²) in [5.41, 5.74) is 1.75. The third-order valence-corrected chi connectivity index (χ3v) is 5.37. The third kappa shape index (κ3) is 5.04. The van der Waals surface area contributed by atoms with E-state index in [-0.39, 0.29) is 11.5 Å². The topological polar surface area (TPSA) is 52.6 Å². The van der Waals surface area contributed by atoms with E-state index in [0.29, 0.717) is 5.75 Å². The van der Waals surface area contributed by atoms with E-state index >= 15 is 0 Å². The van der Waals surface area contributed by atoms with Crippen LogP contribution in [0.3, 0.4) is 0 Å². The van der Waals surface area contributed by atoms with E-state index in [4.69, 9.17) is 8.92 Å². The first kappa shape index (κ1) is 19.4. The third-order valence-electron chi connectivity index (χ3n) is 3.45. The van der Waals surface area contributed by atoms with Crippen molar-refractivity contribution in [3.05, 3.63) is 77.3 Å². The van der Waals surface area contributed by atoms with Crippen LogP contribution in [-0.2, 0) is 14.3 Å². The van der Waals surface area contributed by atoms with E-state index in [2.05, 4.69) is 29.1 Å². The van der Waals surface area contributed by atoms with Gasteiger partial charge in [0.15, 0.2) is 0 Å². The molecular formula is C19H19BrO4S. The molecule has 0 radical (unpaired) electrons. The number of rotatable bonds is 8. The molecule has 0 N–H and O–H groups in total. The van der Waals surface area contributed by atoms with Crippen molar-refractivity contribution >= 4 is 32.1 Å². The van der Waals surface area contributed by atoms with E-state index in [1.165, 1.54) is 18.2 Å². The minimum Gasteiger partial charge on any atom is -0.482 e. The van der Waals surface area contributed by atoms with E-state index in [0.717, 1.165) is 15.6 Å². The number of para-hydroxylation sites is 1. The molecule has 2 aromatic carbocycles. The van der Waals surface area contributed by atoms with Gasteiger partial charge in [-0.2, -0.15) is 8.42 Å². The van der Waals surface area contributed by atoms with E-state index < -0.39 is 16.2 Å². The first-order chi connectivity index (χ1) is 11.9. The number of aryl methyl sites for hydroxylation is 1. The summed E-state index contributed by atoms with van der Waals surface area (Å²) in [5.74, 6) is 0.554. The summed E-state index contributed by atoms with van der Waals surface area (Å²) in [4.78, 5) is 0.105. The number of hydrogen-bond donors (Lipinski definition) is 0. The van der Waals surface area contributed by atoms with Gasteiger partial charge in [-0.3, -0.25) is 4.18 Å². The molecule has 2 aromatic rings. The van der Waals surface area contributed by atoms with Crippen molar-refractivity contribution in [3.63, 3.8) is 0 Å². The van der Waals surface area contributed by atoms with Gasteiger partial charge < -0.3 is 4.74 Å². The van der Waals surface area contributed by atoms with Gasteiger partial charge in [0.25, 0.3) is 10.1 Å². The van der Waals surface area contributed by atoms with Crippen molar-refractivity contribution in [1.82, 2.24) is 0 Å². The molecule has 0 aliphatic carbocycles. The van der Waals surface area contributed by atoms with Crippen molar-refractivity contribution < 1.29 is 17.3 Å². The standard InChI is InChI=1S/C19H19BrO4S/c1-4-15-7-6-8-18(20)19(15)24-16(5-2)13-23-25(21,22)17-11-9-14(3)10-12-17/h4-12,16H,1-2,13H2,3H3. The maximum absolute atomic E-state index is 12.3. The van der Waals surface area contributed by atoms with E-state index in [1.807, 2.05) is 25.1 Å². The molecule has 1 unspecified atom stereocenters. The van der Waals surface area contributed by atoms with Crippen LogP contribution in [0.4, 0.5) is 0 Å². The molecule has 1 atom stereocenters. The van der Waals surface area contributed by atoms with E-state index in [9.17, 15) is 8.42 Å². The summed E-state index contributed by atoms with van der Waals surface area (Å²) in [6, 6.07) is 12.0. The Hall–Kier alpha value is -1.89. The predicted octanol–water partition coefficient (Wildman–Crippen LogP) is 4.74. The second-order valence-electron chi connectivity index (χ2n) is 5.31. The van der Waals surface area contributed by atoms with Gasteiger partial charge in [-0.05, 0) is 47.1 Å². The molecule has 25 heavy (non-hydrogen) atoms. The Balaban J connectivity index is 2.12. The molecule has 0 fully saturated rings. The van der Waals surface area contributed by atoms with Gasteiger partial charge >= 0.3 is 0 Å². The summed E-state index contributed by atoms with van der Waals surface area (Å²) in [6.45, 7) is 9.13. The zero-order valence-corrected chi connectivity index (χ0v) is 16.2. The minimum absolute atomic E-state index is 0.105. The van der Waals surface area contributed by atoms with Crippen LogP contribution in [0.25, 0.3) is 6.08 Å². The number of halogens is 1. The fourth-order valence-corrected chi connectivity index (χ4v) is 3.44. The molecule has 0 saturated heterocycles. The Morgan fingerprint density at radius 2 is 1.84 bits per heavy atom. The van der Waals surface area contributed by atoms with Crippen molar-refractivity contribution in [2.45, 2.75) is 17.9 Å². The lowest BCUT2D eigenvalue weighted by atomic mass is 10.2. The molecule has 4 nitrogen and oxygen atoms in total. The molecule has 0 heterocycles. The largest absolute Gasteiger partial charge is 0.482 e. The van der Waals surface area contributed by atoms with Crippen LogP contribution in [-0.4, -0.2) is 21.1 Å². The average Bonchev–Trinajstić information content (AvgIpc) is 2.60. The Morgan fingerprint density at radius 3 is 2.44 bits per heavy atom. The summed E-state index contributed by atoms with van der Waals surface area (Å²) in [5, 5.41) is 0. The molecule has 0 spiro atoms. The van der Waals surface area contributed by atoms with Crippen molar-refractivity contribution in [2.24, 2.45) is 0 Å². The maximum Gasteiger partial charge on any atom is 0.297 e. The number of hydrogen-bond acceptors (Lipinski definition) is 4. The molecule has 0 bridgehead atoms. The van der Waals surface area contributed by atoms with Crippen LogP contribution < -0.4 is 4.74 Å². The van der Waals surface area contributed by atoms with Gasteiger partial charge in [0.2, 0.25) is 0 Å². The average molecular weight is 423 g/mol. The molecular weight excluding hydrogens is 404 g/mol. The zero-order chi connectivity index (χ0) is 18.4. The Labute approximate surface area is 157 Å². The second-order valence-corrected chi connectivity index (χ2v) is 7.78. The van der Waals surface area contributed by atoms with Gasteiger partial charge in [0.1, 0.15) is 18.5 Å². The van der Waals surface area contributed by atoms with Crippen molar-refractivity contribution in [3.8, 4) is 5.75 Å². The summed E-state index contributed by atoms with van der Waals surface area (Å²) in [6.07, 6.45) is 2.51. The molecule has 132 valence electrons. The van der Waals surface area contributed by atoms with Crippen LogP contribution in [0.15, 0.2) is 71.1 Å². The van der Waals surface area contributed by atoms with Gasteiger partial charge in [-0.25, -0.2) is 0 Å². The first-order valence-electron chi connectivity index (χ1n) is 7.53. The maximum atomic E-state index is 12.3. The Kier molecular flexibility index (Phi) is 6.58. The fourth-order valence-electron chi connectivity index (χ4n) is 2.04. The van der Waals surface area contributed by atoms with Crippen LogP contribution in [0, 0.1) is 6.92 Å². The highest BCUT2D eigenvalue weighted by molar-refractivity contribution is 9.10. The summed E-state index contributed by atoms with van der Waals surface area (Å²) < 4.78 is 36.2. The van der Waals surface area contributed by atoms with Crippen LogP contribution in [0.1, 0.15) is 11.1 Å². The van der Waals surface area contributed by atoms with Crippen LogP contribution >= 0.6 is 15.9 Å². The minimum atomic E-state index is -3.86. The smallest absolute Gasteiger partial charge is 0.297 e. The quantitative estimate of drug-likeness (QED) is 0.455. The van der Waals surface area contributed by atoms with Gasteiger partial charge in [-0.15, -0.1) is 0 Å². The Bertz CT molecular complexity index is 857. The highest BCUT2D eigenvalue weighted by Gasteiger charge is 2.19. The predicted molar refractivity (Wildman–Crippen MR) is 103 cm³/mol. The van der Waals surface area contributed by atoms with Crippen LogP contribution in [0.5, 0.6) is 5.75 Å². The van der Waals surface area contributed by atoms with Gasteiger partial charge in [-0.1, -0.05) is 49.1 Å². The van der Waals surface area contributed by atoms with Gasteiger partial charge in [0.05, 0.1) is 9.37 Å². The highest BCUT2D eigenvalue weighted by Crippen LogP contribution is 2.31. The lowest BCUT2D eigenvalue weighted by molar-refractivity contribution is 0.167. The number of ether oxygens (including phenoxy) is 1. The van der Waals surface area contributed by atoms with Crippen molar-refractivity contribution in [2.75, 3.05) is 6.61 Å². The Morgan fingerprint density at radius 1 is 1.16 bits per heavy atom. The summed E-state index contributed by atoms with van der Waals surface area (Å²) in [7, 11) is -3.86. The SMILES string of the molecule is C=Cc1cccc(Br)c1OC(C=C)COS(=O)(=O)c1ccc(C)cc1. The van der Waals surface area contributed by atoms with Gasteiger partial charge in [0, 0.05) is 5.56 Å². The normalized spacial score (nSPS) is 12.4. The summed E-state index contributed by atoms with van der Waals surface area (Å²) >= 11 is 3.41.